The Hall–Kier alpha value is -1.85. The maximum Gasteiger partial charge on any atom is 0.419 e. The normalized spacial score (nSPS) is 28.4. The van der Waals surface area contributed by atoms with Gasteiger partial charge in [-0.2, -0.15) is 13.2 Å². The van der Waals surface area contributed by atoms with Gasteiger partial charge in [0.2, 0.25) is 6.29 Å². The van der Waals surface area contributed by atoms with Crippen molar-refractivity contribution in [1.29, 1.82) is 0 Å². The zero-order valence-corrected chi connectivity index (χ0v) is 21.2. The molecule has 0 radical (unpaired) electrons. The molecule has 4 bridgehead atoms. The van der Waals surface area contributed by atoms with Gasteiger partial charge in [-0.25, -0.2) is 13.2 Å². The van der Waals surface area contributed by atoms with Crippen molar-refractivity contribution in [3.05, 3.63) is 29.3 Å². The molecular formula is C25H32F3O7S-. The summed E-state index contributed by atoms with van der Waals surface area (Å²) < 4.78 is 89.9. The molecular weight excluding hydrogens is 501 g/mol. The van der Waals surface area contributed by atoms with E-state index in [-0.39, 0.29) is 16.9 Å². The van der Waals surface area contributed by atoms with Crippen LogP contribution in [0.15, 0.2) is 18.2 Å². The van der Waals surface area contributed by atoms with Gasteiger partial charge in [0.25, 0.3) is 0 Å². The van der Waals surface area contributed by atoms with Crippen LogP contribution in [0.4, 0.5) is 13.2 Å². The van der Waals surface area contributed by atoms with E-state index in [1.165, 1.54) is 19.3 Å². The van der Waals surface area contributed by atoms with E-state index in [9.17, 15) is 30.9 Å². The molecule has 4 saturated carbocycles. The molecule has 4 aliphatic rings. The SMILES string of the molecule is CC(C)C(OCC12CC3CC(CC(C3)C1)C2)Oc1cc(C(=O)OCCS(=O)(=O)[O-])ccc1C(F)(F)F. The van der Waals surface area contributed by atoms with Crippen LogP contribution in [-0.2, 0) is 25.8 Å². The predicted octanol–water partition coefficient (Wildman–Crippen LogP) is 5.00. The van der Waals surface area contributed by atoms with Crippen molar-refractivity contribution in [2.24, 2.45) is 29.1 Å². The van der Waals surface area contributed by atoms with Gasteiger partial charge in [-0.1, -0.05) is 13.8 Å². The van der Waals surface area contributed by atoms with Crippen molar-refractivity contribution in [1.82, 2.24) is 0 Å². The highest BCUT2D eigenvalue weighted by molar-refractivity contribution is 7.85. The Labute approximate surface area is 209 Å². The Kier molecular flexibility index (Phi) is 7.65. The van der Waals surface area contributed by atoms with Gasteiger partial charge >= 0.3 is 12.1 Å². The minimum Gasteiger partial charge on any atom is -0.748 e. The Bertz CT molecular complexity index is 1030. The fourth-order valence-corrected chi connectivity index (χ4v) is 6.80. The minimum absolute atomic E-state index is 0.0473. The first-order chi connectivity index (χ1) is 16.7. The van der Waals surface area contributed by atoms with Crippen LogP contribution in [0.5, 0.6) is 5.75 Å². The summed E-state index contributed by atoms with van der Waals surface area (Å²) in [6, 6.07) is 2.55. The van der Waals surface area contributed by atoms with Gasteiger partial charge in [0.15, 0.2) is 0 Å². The van der Waals surface area contributed by atoms with Crippen LogP contribution in [0.1, 0.15) is 68.3 Å². The number of esters is 1. The summed E-state index contributed by atoms with van der Waals surface area (Å²) in [7, 11) is -4.60. The van der Waals surface area contributed by atoms with Crippen molar-refractivity contribution < 1.29 is 45.1 Å². The molecule has 0 amide bonds. The number of halogens is 3. The van der Waals surface area contributed by atoms with E-state index < -0.39 is 52.2 Å². The molecule has 7 nitrogen and oxygen atoms in total. The molecule has 0 aromatic heterocycles. The second-order valence-electron chi connectivity index (χ2n) is 11.1. The molecule has 36 heavy (non-hydrogen) atoms. The lowest BCUT2D eigenvalue weighted by Crippen LogP contribution is -2.49. The summed E-state index contributed by atoms with van der Waals surface area (Å²) in [4.78, 5) is 12.3. The van der Waals surface area contributed by atoms with Gasteiger partial charge in [0.05, 0.1) is 33.6 Å². The monoisotopic (exact) mass is 533 g/mol. The van der Waals surface area contributed by atoms with Crippen molar-refractivity contribution in [2.45, 2.75) is 64.8 Å². The molecule has 0 heterocycles. The highest BCUT2D eigenvalue weighted by Crippen LogP contribution is 2.60. The molecule has 0 spiro atoms. The molecule has 0 N–H and O–H groups in total. The summed E-state index contributed by atoms with van der Waals surface area (Å²) in [5, 5.41) is 0. The number of rotatable bonds is 10. The Morgan fingerprint density at radius 1 is 1.11 bits per heavy atom. The predicted molar refractivity (Wildman–Crippen MR) is 122 cm³/mol. The third kappa shape index (κ3) is 6.52. The molecule has 1 atom stereocenters. The number of hydrogen-bond acceptors (Lipinski definition) is 7. The lowest BCUT2D eigenvalue weighted by Gasteiger charge is -2.56. The lowest BCUT2D eigenvalue weighted by molar-refractivity contribution is -0.171. The first-order valence-corrected chi connectivity index (χ1v) is 13.9. The maximum absolute atomic E-state index is 13.7. The summed E-state index contributed by atoms with van der Waals surface area (Å²) in [6.07, 6.45) is 1.34. The number of ether oxygens (including phenoxy) is 3. The number of carbonyl (C=O) groups excluding carboxylic acids is 1. The van der Waals surface area contributed by atoms with E-state index in [1.807, 2.05) is 0 Å². The average Bonchev–Trinajstić information content (AvgIpc) is 2.73. The van der Waals surface area contributed by atoms with Crippen LogP contribution < -0.4 is 4.74 Å². The van der Waals surface area contributed by atoms with Gasteiger partial charge in [-0.15, -0.1) is 0 Å². The molecule has 0 saturated heterocycles. The second kappa shape index (κ2) is 10.1. The van der Waals surface area contributed by atoms with Crippen LogP contribution in [0.3, 0.4) is 0 Å². The first-order valence-electron chi connectivity index (χ1n) is 12.3. The van der Waals surface area contributed by atoms with Gasteiger partial charge in [0.1, 0.15) is 12.4 Å². The fraction of sp³-hybridized carbons (Fsp3) is 0.720. The molecule has 11 heteroatoms. The molecule has 5 rings (SSSR count). The molecule has 4 fully saturated rings. The van der Waals surface area contributed by atoms with Crippen molar-refractivity contribution in [3.63, 3.8) is 0 Å². The van der Waals surface area contributed by atoms with Crippen LogP contribution >= 0.6 is 0 Å². The standard InChI is InChI=1S/C25H33F3O7S/c1-15(2)23(34-14-24-11-16-7-17(12-24)9-18(8-16)13-24)35-21-10-19(3-4-20(21)25(26,27)28)22(29)33-5-6-36(30,31)32/h3-4,10,15-18,23H,5-9,11-14H2,1-2H3,(H,30,31,32)/p-1. The summed E-state index contributed by atoms with van der Waals surface area (Å²) in [5.74, 6) is -0.725. The Morgan fingerprint density at radius 3 is 2.19 bits per heavy atom. The van der Waals surface area contributed by atoms with E-state index in [2.05, 4.69) is 0 Å². The van der Waals surface area contributed by atoms with Crippen molar-refractivity contribution in [2.75, 3.05) is 19.0 Å². The zero-order chi connectivity index (χ0) is 26.3. The second-order valence-corrected chi connectivity index (χ2v) is 12.6. The van der Waals surface area contributed by atoms with Crippen molar-refractivity contribution >= 4 is 16.1 Å². The lowest BCUT2D eigenvalue weighted by atomic mass is 9.50. The quantitative estimate of drug-likeness (QED) is 0.237. The van der Waals surface area contributed by atoms with E-state index in [0.717, 1.165) is 31.4 Å². The smallest absolute Gasteiger partial charge is 0.419 e. The molecule has 1 aromatic rings. The van der Waals surface area contributed by atoms with Crippen LogP contribution in [0, 0.1) is 29.1 Å². The molecule has 202 valence electrons. The first kappa shape index (κ1) is 27.2. The van der Waals surface area contributed by atoms with Gasteiger partial charge in [0, 0.05) is 5.92 Å². The van der Waals surface area contributed by atoms with Gasteiger partial charge in [-0.3, -0.25) is 0 Å². The summed E-state index contributed by atoms with van der Waals surface area (Å²) in [5.41, 5.74) is -1.28. The summed E-state index contributed by atoms with van der Waals surface area (Å²) >= 11 is 0. The highest BCUT2D eigenvalue weighted by Gasteiger charge is 2.51. The molecule has 4 aliphatic carbocycles. The zero-order valence-electron chi connectivity index (χ0n) is 20.4. The van der Waals surface area contributed by atoms with Crippen LogP contribution in [0.25, 0.3) is 0 Å². The van der Waals surface area contributed by atoms with Crippen LogP contribution in [-0.4, -0.2) is 44.2 Å². The third-order valence-electron chi connectivity index (χ3n) is 7.60. The highest BCUT2D eigenvalue weighted by atomic mass is 32.2. The fourth-order valence-electron chi connectivity index (χ4n) is 6.51. The summed E-state index contributed by atoms with van der Waals surface area (Å²) in [6.45, 7) is 3.30. The third-order valence-corrected chi connectivity index (χ3v) is 8.26. The number of alkyl halides is 3. The molecule has 0 aliphatic heterocycles. The average molecular weight is 534 g/mol. The van der Waals surface area contributed by atoms with E-state index in [4.69, 9.17) is 14.2 Å². The van der Waals surface area contributed by atoms with Gasteiger partial charge in [-0.05, 0) is 79.9 Å². The molecule has 1 aromatic carbocycles. The number of carbonyl (C=O) groups is 1. The number of hydrogen-bond donors (Lipinski definition) is 0. The van der Waals surface area contributed by atoms with E-state index in [0.29, 0.717) is 30.4 Å². The number of benzene rings is 1. The Morgan fingerprint density at radius 2 is 1.69 bits per heavy atom. The van der Waals surface area contributed by atoms with E-state index in [1.54, 1.807) is 13.8 Å². The van der Waals surface area contributed by atoms with Crippen molar-refractivity contribution in [3.8, 4) is 5.75 Å². The Balaban J connectivity index is 1.49. The largest absolute Gasteiger partial charge is 0.748 e. The molecule has 1 unspecified atom stereocenters. The minimum atomic E-state index is -4.74. The van der Waals surface area contributed by atoms with E-state index >= 15 is 0 Å². The van der Waals surface area contributed by atoms with Gasteiger partial charge < -0.3 is 18.8 Å². The van der Waals surface area contributed by atoms with Crippen LogP contribution in [0.2, 0.25) is 0 Å². The maximum atomic E-state index is 13.7. The topological polar surface area (TPSA) is 102 Å².